The molecule has 0 unspecified atom stereocenters. The highest BCUT2D eigenvalue weighted by Gasteiger charge is 2.35. The van der Waals surface area contributed by atoms with E-state index in [-0.39, 0.29) is 17.6 Å². The van der Waals surface area contributed by atoms with Crippen LogP contribution in [0.25, 0.3) is 0 Å². The summed E-state index contributed by atoms with van der Waals surface area (Å²) in [4.78, 5) is 1.82. The molecule has 2 nitrogen and oxygen atoms in total. The lowest BCUT2D eigenvalue weighted by atomic mass is 10.0. The van der Waals surface area contributed by atoms with Crippen LogP contribution in [0, 0.1) is 5.92 Å². The van der Waals surface area contributed by atoms with E-state index in [9.17, 15) is 13.2 Å². The molecule has 0 atom stereocenters. The molecule has 0 heterocycles. The second-order valence-electron chi connectivity index (χ2n) is 6.03. The van der Waals surface area contributed by atoms with Crippen molar-refractivity contribution in [1.82, 2.24) is 0 Å². The number of nitrogens with two attached hydrogens (primary N) is 1. The fourth-order valence-corrected chi connectivity index (χ4v) is 2.36. The predicted molar refractivity (Wildman–Crippen MR) is 81.5 cm³/mol. The van der Waals surface area contributed by atoms with Gasteiger partial charge in [-0.1, -0.05) is 19.9 Å². The quantitative estimate of drug-likeness (QED) is 0.858. The molecule has 1 rings (SSSR count). The monoisotopic (exact) mass is 302 g/mol. The summed E-state index contributed by atoms with van der Waals surface area (Å²) in [5.74, 6) is 0.289. The molecule has 120 valence electrons. The average Bonchev–Trinajstić information content (AvgIpc) is 2.35. The van der Waals surface area contributed by atoms with Crippen LogP contribution >= 0.6 is 0 Å². The van der Waals surface area contributed by atoms with Gasteiger partial charge in [-0.25, -0.2) is 0 Å². The Labute approximate surface area is 125 Å². The van der Waals surface area contributed by atoms with Crippen molar-refractivity contribution in [2.24, 2.45) is 11.7 Å². The van der Waals surface area contributed by atoms with E-state index in [2.05, 4.69) is 0 Å². The molecule has 2 N–H and O–H groups in total. The van der Waals surface area contributed by atoms with E-state index in [1.807, 2.05) is 32.6 Å². The van der Waals surface area contributed by atoms with Crippen molar-refractivity contribution in [3.05, 3.63) is 29.3 Å². The van der Waals surface area contributed by atoms with Gasteiger partial charge in [-0.2, -0.15) is 13.2 Å². The highest BCUT2D eigenvalue weighted by Crippen LogP contribution is 2.38. The van der Waals surface area contributed by atoms with Gasteiger partial charge in [0.15, 0.2) is 0 Å². The summed E-state index contributed by atoms with van der Waals surface area (Å²) < 4.78 is 40.1. The first-order valence-corrected chi connectivity index (χ1v) is 7.33. The Morgan fingerprint density at radius 2 is 1.76 bits per heavy atom. The second kappa shape index (κ2) is 7.16. The molecule has 1 aromatic carbocycles. The van der Waals surface area contributed by atoms with E-state index in [0.717, 1.165) is 0 Å². The van der Waals surface area contributed by atoms with Crippen LogP contribution in [0.15, 0.2) is 18.2 Å². The van der Waals surface area contributed by atoms with Gasteiger partial charge in [0, 0.05) is 18.3 Å². The molecule has 0 saturated heterocycles. The van der Waals surface area contributed by atoms with Crippen molar-refractivity contribution in [3.8, 4) is 0 Å². The third-order valence-electron chi connectivity index (χ3n) is 3.29. The lowest BCUT2D eigenvalue weighted by Crippen LogP contribution is -2.35. The summed E-state index contributed by atoms with van der Waals surface area (Å²) >= 11 is 0. The fourth-order valence-electron chi connectivity index (χ4n) is 2.36. The Morgan fingerprint density at radius 3 is 2.19 bits per heavy atom. The Kier molecular flexibility index (Phi) is 6.08. The van der Waals surface area contributed by atoms with Gasteiger partial charge in [-0.05, 0) is 50.4 Å². The smallest absolute Gasteiger partial charge is 0.368 e. The summed E-state index contributed by atoms with van der Waals surface area (Å²) in [6.07, 6.45) is -3.90. The van der Waals surface area contributed by atoms with E-state index in [0.29, 0.717) is 25.1 Å². The van der Waals surface area contributed by atoms with Crippen LogP contribution in [0.5, 0.6) is 0 Å². The maximum absolute atomic E-state index is 13.4. The van der Waals surface area contributed by atoms with Gasteiger partial charge >= 0.3 is 6.18 Å². The van der Waals surface area contributed by atoms with Gasteiger partial charge in [0.2, 0.25) is 0 Å². The summed E-state index contributed by atoms with van der Waals surface area (Å²) in [7, 11) is 0. The fraction of sp³-hybridized carbons (Fsp3) is 0.625. The maximum atomic E-state index is 13.4. The Bertz CT molecular complexity index is 453. The maximum Gasteiger partial charge on any atom is 0.418 e. The minimum absolute atomic E-state index is 0.00820. The van der Waals surface area contributed by atoms with Crippen molar-refractivity contribution < 1.29 is 13.2 Å². The Morgan fingerprint density at radius 1 is 1.14 bits per heavy atom. The molecule has 0 fully saturated rings. The van der Waals surface area contributed by atoms with Crippen LogP contribution in [-0.4, -0.2) is 19.1 Å². The van der Waals surface area contributed by atoms with Crippen molar-refractivity contribution >= 4 is 5.69 Å². The number of anilines is 1. The molecule has 1 aromatic rings. The van der Waals surface area contributed by atoms with Gasteiger partial charge in [-0.3, -0.25) is 0 Å². The van der Waals surface area contributed by atoms with Crippen LogP contribution < -0.4 is 10.6 Å². The number of rotatable bonds is 6. The predicted octanol–water partition coefficient (Wildman–Crippen LogP) is 4.08. The second-order valence-corrected chi connectivity index (χ2v) is 6.03. The van der Waals surface area contributed by atoms with E-state index >= 15 is 0 Å². The number of alkyl halides is 3. The zero-order valence-electron chi connectivity index (χ0n) is 13.2. The number of hydrogen-bond acceptors (Lipinski definition) is 2. The molecule has 0 amide bonds. The minimum Gasteiger partial charge on any atom is -0.368 e. The molecule has 0 aliphatic rings. The van der Waals surface area contributed by atoms with E-state index < -0.39 is 11.7 Å². The van der Waals surface area contributed by atoms with Gasteiger partial charge in [0.25, 0.3) is 0 Å². The van der Waals surface area contributed by atoms with E-state index in [1.54, 1.807) is 12.1 Å². The van der Waals surface area contributed by atoms with Crippen molar-refractivity contribution in [1.29, 1.82) is 0 Å². The molecule has 0 bridgehead atoms. The van der Waals surface area contributed by atoms with Gasteiger partial charge in [0.05, 0.1) is 5.56 Å². The molecule has 5 heteroatoms. The third-order valence-corrected chi connectivity index (χ3v) is 3.29. The molecule has 0 aliphatic carbocycles. The first kappa shape index (κ1) is 17.8. The van der Waals surface area contributed by atoms with Crippen molar-refractivity contribution in [3.63, 3.8) is 0 Å². The van der Waals surface area contributed by atoms with Crippen molar-refractivity contribution in [2.45, 2.75) is 46.3 Å². The van der Waals surface area contributed by atoms with Gasteiger partial charge < -0.3 is 10.6 Å². The van der Waals surface area contributed by atoms with E-state index in [4.69, 9.17) is 5.73 Å². The molecular weight excluding hydrogens is 277 g/mol. The lowest BCUT2D eigenvalue weighted by molar-refractivity contribution is -0.137. The van der Waals surface area contributed by atoms with Gasteiger partial charge in [0.1, 0.15) is 0 Å². The van der Waals surface area contributed by atoms with Crippen LogP contribution in [-0.2, 0) is 12.6 Å². The number of benzene rings is 1. The molecule has 0 aliphatic heterocycles. The molecule has 0 saturated carbocycles. The largest absolute Gasteiger partial charge is 0.418 e. The Hall–Kier alpha value is -1.23. The SMILES string of the molecule is CC(C)CN(c1ccc(CCN)cc1C(F)(F)F)C(C)C. The standard InChI is InChI=1S/C16H25F3N2/c1-11(2)10-21(12(3)4)15-6-5-13(7-8-20)9-14(15)16(17,18)19/h5-6,9,11-12H,7-8,10,20H2,1-4H3. The lowest BCUT2D eigenvalue weighted by Gasteiger charge is -2.33. The summed E-state index contributed by atoms with van der Waals surface area (Å²) in [5.41, 5.74) is 5.76. The summed E-state index contributed by atoms with van der Waals surface area (Å²) in [5, 5.41) is 0. The number of hydrogen-bond donors (Lipinski definition) is 1. The first-order valence-electron chi connectivity index (χ1n) is 7.33. The van der Waals surface area contributed by atoms with Crippen molar-refractivity contribution in [2.75, 3.05) is 18.0 Å². The van der Waals surface area contributed by atoms with Crippen LogP contribution in [0.3, 0.4) is 0 Å². The molecule has 0 aromatic heterocycles. The van der Waals surface area contributed by atoms with Gasteiger partial charge in [-0.15, -0.1) is 0 Å². The molecule has 0 radical (unpaired) electrons. The minimum atomic E-state index is -4.36. The Balaban J connectivity index is 3.31. The normalized spacial score (nSPS) is 12.3. The highest BCUT2D eigenvalue weighted by atomic mass is 19.4. The third kappa shape index (κ3) is 4.92. The summed E-state index contributed by atoms with van der Waals surface area (Å²) in [6.45, 7) is 8.77. The topological polar surface area (TPSA) is 29.3 Å². The van der Waals surface area contributed by atoms with Crippen LogP contribution in [0.1, 0.15) is 38.8 Å². The zero-order valence-corrected chi connectivity index (χ0v) is 13.2. The van der Waals surface area contributed by atoms with Crippen LogP contribution in [0.4, 0.5) is 18.9 Å². The number of halogens is 3. The highest BCUT2D eigenvalue weighted by molar-refractivity contribution is 5.57. The molecular formula is C16H25F3N2. The molecule has 0 spiro atoms. The number of nitrogens with zero attached hydrogens (tertiary/aromatic N) is 1. The molecule has 21 heavy (non-hydrogen) atoms. The van der Waals surface area contributed by atoms with E-state index in [1.165, 1.54) is 6.07 Å². The summed E-state index contributed by atoms with van der Waals surface area (Å²) in [6, 6.07) is 4.56. The average molecular weight is 302 g/mol. The van der Waals surface area contributed by atoms with Crippen LogP contribution in [0.2, 0.25) is 0 Å². The first-order chi connectivity index (χ1) is 9.66. The zero-order chi connectivity index (χ0) is 16.2.